The maximum absolute atomic E-state index is 5.36. The molecule has 0 aliphatic heterocycles. The van der Waals surface area contributed by atoms with E-state index in [9.17, 15) is 0 Å². The lowest BCUT2D eigenvalue weighted by molar-refractivity contribution is 0.398. The number of aromatic nitrogens is 2. The zero-order valence-corrected chi connectivity index (χ0v) is 15.2. The van der Waals surface area contributed by atoms with Gasteiger partial charge in [0.05, 0.1) is 14.2 Å². The highest BCUT2D eigenvalue weighted by Gasteiger charge is 2.07. The zero-order chi connectivity index (χ0) is 16.7. The second-order valence-corrected chi connectivity index (χ2v) is 5.66. The quantitative estimate of drug-likeness (QED) is 0.727. The van der Waals surface area contributed by atoms with Gasteiger partial charge in [-0.15, -0.1) is 0 Å². The number of anilines is 1. The highest BCUT2D eigenvalue weighted by molar-refractivity contribution is 9.10. The van der Waals surface area contributed by atoms with Crippen LogP contribution in [0.25, 0.3) is 0 Å². The Balaban J connectivity index is 1.89. The van der Waals surface area contributed by atoms with E-state index in [-0.39, 0.29) is 0 Å². The molecule has 1 heterocycles. The predicted molar refractivity (Wildman–Crippen MR) is 97.2 cm³/mol. The van der Waals surface area contributed by atoms with Crippen molar-refractivity contribution in [1.29, 1.82) is 0 Å². The van der Waals surface area contributed by atoms with Gasteiger partial charge in [-0.3, -0.25) is 0 Å². The van der Waals surface area contributed by atoms with Crippen LogP contribution in [0.3, 0.4) is 0 Å². The number of nitrogens with one attached hydrogen (secondary N) is 2. The molecule has 2 rings (SSSR count). The van der Waals surface area contributed by atoms with E-state index in [2.05, 4.69) is 36.5 Å². The monoisotopic (exact) mass is 396 g/mol. The van der Waals surface area contributed by atoms with Gasteiger partial charge in [-0.05, 0) is 58.3 Å². The van der Waals surface area contributed by atoms with Gasteiger partial charge in [0.2, 0.25) is 0 Å². The van der Waals surface area contributed by atoms with Crippen LogP contribution in [-0.2, 0) is 6.42 Å². The lowest BCUT2D eigenvalue weighted by Gasteiger charge is -2.13. The van der Waals surface area contributed by atoms with Crippen LogP contribution in [0.15, 0.2) is 35.2 Å². The lowest BCUT2D eigenvalue weighted by Crippen LogP contribution is -2.30. The number of hydrogen-bond donors (Lipinski definition) is 2. The molecule has 8 heteroatoms. The van der Waals surface area contributed by atoms with E-state index in [1.54, 1.807) is 26.6 Å². The SMILES string of the molecule is COc1ccc(OC)c(CCNC(=S)Nc2nccnc2Br)c1. The summed E-state index contributed by atoms with van der Waals surface area (Å²) in [4.78, 5) is 8.23. The topological polar surface area (TPSA) is 68.3 Å². The van der Waals surface area contributed by atoms with Gasteiger partial charge in [-0.25, -0.2) is 9.97 Å². The number of nitrogens with zero attached hydrogens (tertiary/aromatic N) is 2. The summed E-state index contributed by atoms with van der Waals surface area (Å²) in [5.74, 6) is 2.19. The summed E-state index contributed by atoms with van der Waals surface area (Å²) in [5.41, 5.74) is 1.04. The van der Waals surface area contributed by atoms with Crippen LogP contribution in [0.5, 0.6) is 11.5 Å². The Kier molecular flexibility index (Phi) is 6.54. The van der Waals surface area contributed by atoms with Crippen LogP contribution < -0.4 is 20.1 Å². The molecule has 0 amide bonds. The molecule has 0 unspecified atom stereocenters. The van der Waals surface area contributed by atoms with E-state index in [0.717, 1.165) is 23.5 Å². The van der Waals surface area contributed by atoms with Gasteiger partial charge in [0, 0.05) is 18.9 Å². The van der Waals surface area contributed by atoms with Crippen molar-refractivity contribution in [3.63, 3.8) is 0 Å². The fourth-order valence-corrected chi connectivity index (χ4v) is 2.46. The Morgan fingerprint density at radius 1 is 1.22 bits per heavy atom. The smallest absolute Gasteiger partial charge is 0.172 e. The maximum Gasteiger partial charge on any atom is 0.172 e. The standard InChI is InChI=1S/C15H17BrN4O2S/c1-21-11-3-4-12(22-2)10(9-11)5-6-19-15(23)20-14-13(16)17-7-8-18-14/h3-4,7-9H,5-6H2,1-2H3,(H2,18,19,20,23). The van der Waals surface area contributed by atoms with Crippen LogP contribution in [0, 0.1) is 0 Å². The van der Waals surface area contributed by atoms with Crippen molar-refractivity contribution in [1.82, 2.24) is 15.3 Å². The van der Waals surface area contributed by atoms with E-state index >= 15 is 0 Å². The van der Waals surface area contributed by atoms with E-state index in [4.69, 9.17) is 21.7 Å². The second-order valence-electron chi connectivity index (χ2n) is 4.50. The molecule has 122 valence electrons. The minimum atomic E-state index is 0.480. The summed E-state index contributed by atoms with van der Waals surface area (Å²) in [6, 6.07) is 5.71. The van der Waals surface area contributed by atoms with Crippen molar-refractivity contribution in [2.24, 2.45) is 0 Å². The largest absolute Gasteiger partial charge is 0.497 e. The van der Waals surface area contributed by atoms with Gasteiger partial charge in [-0.1, -0.05) is 0 Å². The molecule has 0 fully saturated rings. The van der Waals surface area contributed by atoms with E-state index in [0.29, 0.717) is 22.1 Å². The molecule has 0 radical (unpaired) electrons. The molecule has 0 spiro atoms. The van der Waals surface area contributed by atoms with Gasteiger partial charge in [0.1, 0.15) is 16.1 Å². The zero-order valence-electron chi connectivity index (χ0n) is 12.8. The molecule has 0 saturated heterocycles. The molecule has 1 aromatic heterocycles. The molecule has 0 bridgehead atoms. The summed E-state index contributed by atoms with van der Waals surface area (Å²) >= 11 is 8.56. The van der Waals surface area contributed by atoms with Crippen molar-refractivity contribution < 1.29 is 9.47 Å². The van der Waals surface area contributed by atoms with E-state index in [1.807, 2.05) is 18.2 Å². The first kappa shape index (κ1) is 17.4. The fraction of sp³-hybridized carbons (Fsp3) is 0.267. The van der Waals surface area contributed by atoms with Gasteiger partial charge >= 0.3 is 0 Å². The third kappa shape index (κ3) is 5.04. The Morgan fingerprint density at radius 2 is 2.00 bits per heavy atom. The molecular weight excluding hydrogens is 380 g/mol. The highest BCUT2D eigenvalue weighted by atomic mass is 79.9. The van der Waals surface area contributed by atoms with Crippen molar-refractivity contribution in [3.8, 4) is 11.5 Å². The third-order valence-electron chi connectivity index (χ3n) is 3.05. The van der Waals surface area contributed by atoms with Crippen LogP contribution in [0.2, 0.25) is 0 Å². The summed E-state index contributed by atoms with van der Waals surface area (Å²) in [6.45, 7) is 0.646. The van der Waals surface area contributed by atoms with E-state index < -0.39 is 0 Å². The van der Waals surface area contributed by atoms with Crippen LogP contribution >= 0.6 is 28.1 Å². The van der Waals surface area contributed by atoms with Gasteiger partial charge in [-0.2, -0.15) is 0 Å². The molecule has 1 aromatic carbocycles. The van der Waals surface area contributed by atoms with E-state index in [1.165, 1.54) is 0 Å². The minimum Gasteiger partial charge on any atom is -0.497 e. The number of hydrogen-bond acceptors (Lipinski definition) is 5. The minimum absolute atomic E-state index is 0.480. The second kappa shape index (κ2) is 8.64. The number of halogens is 1. The Bertz CT molecular complexity index is 684. The molecule has 0 aliphatic rings. The maximum atomic E-state index is 5.36. The van der Waals surface area contributed by atoms with Crippen molar-refractivity contribution in [2.75, 3.05) is 26.1 Å². The fourth-order valence-electron chi connectivity index (χ4n) is 1.94. The average molecular weight is 397 g/mol. The molecule has 0 saturated carbocycles. The normalized spacial score (nSPS) is 10.0. The summed E-state index contributed by atoms with van der Waals surface area (Å²) in [5, 5.41) is 6.60. The number of rotatable bonds is 6. The predicted octanol–water partition coefficient (Wildman–Crippen LogP) is 2.79. The molecule has 2 N–H and O–H groups in total. The first-order valence-corrected chi connectivity index (χ1v) is 8.06. The average Bonchev–Trinajstić information content (AvgIpc) is 2.57. The van der Waals surface area contributed by atoms with Gasteiger partial charge in [0.25, 0.3) is 0 Å². The summed E-state index contributed by atoms with van der Waals surface area (Å²) in [7, 11) is 3.29. The summed E-state index contributed by atoms with van der Waals surface area (Å²) < 4.78 is 11.2. The number of benzene rings is 1. The molecule has 23 heavy (non-hydrogen) atoms. The Morgan fingerprint density at radius 3 is 2.70 bits per heavy atom. The van der Waals surface area contributed by atoms with Crippen LogP contribution in [0.1, 0.15) is 5.56 Å². The number of ether oxygens (including phenoxy) is 2. The molecule has 0 atom stereocenters. The Hall–Kier alpha value is -1.93. The number of methoxy groups -OCH3 is 2. The first-order chi connectivity index (χ1) is 11.1. The molecule has 2 aromatic rings. The van der Waals surface area contributed by atoms with Gasteiger partial charge < -0.3 is 20.1 Å². The first-order valence-electron chi connectivity index (χ1n) is 6.86. The van der Waals surface area contributed by atoms with Crippen molar-refractivity contribution >= 4 is 39.1 Å². The van der Waals surface area contributed by atoms with Crippen LogP contribution in [-0.4, -0.2) is 35.8 Å². The lowest BCUT2D eigenvalue weighted by atomic mass is 10.1. The van der Waals surface area contributed by atoms with Crippen molar-refractivity contribution in [3.05, 3.63) is 40.8 Å². The Labute approximate surface area is 148 Å². The molecular formula is C15H17BrN4O2S. The number of thiocarbonyl (C=S) groups is 1. The summed E-state index contributed by atoms with van der Waals surface area (Å²) in [6.07, 6.45) is 3.93. The highest BCUT2D eigenvalue weighted by Crippen LogP contribution is 2.24. The third-order valence-corrected chi connectivity index (χ3v) is 3.88. The van der Waals surface area contributed by atoms with Crippen molar-refractivity contribution in [2.45, 2.75) is 6.42 Å². The molecule has 6 nitrogen and oxygen atoms in total. The molecule has 0 aliphatic carbocycles. The van der Waals surface area contributed by atoms with Crippen LogP contribution in [0.4, 0.5) is 5.82 Å². The van der Waals surface area contributed by atoms with Gasteiger partial charge in [0.15, 0.2) is 10.9 Å².